The summed E-state index contributed by atoms with van der Waals surface area (Å²) in [6.07, 6.45) is 4.47. The molecule has 5 heteroatoms. The van der Waals surface area contributed by atoms with Crippen molar-refractivity contribution in [3.63, 3.8) is 0 Å². The smallest absolute Gasteiger partial charge is 0.320 e. The van der Waals surface area contributed by atoms with E-state index < -0.39 is 12.0 Å². The number of carboxylic acids is 1. The van der Waals surface area contributed by atoms with E-state index in [1.54, 1.807) is 0 Å². The van der Waals surface area contributed by atoms with E-state index in [-0.39, 0.29) is 6.04 Å². The van der Waals surface area contributed by atoms with Crippen LogP contribution in [-0.2, 0) is 11.4 Å². The molecule has 1 saturated heterocycles. The monoisotopic (exact) mass is 452 g/mol. The van der Waals surface area contributed by atoms with Gasteiger partial charge in [-0.05, 0) is 60.3 Å². The third-order valence-electron chi connectivity index (χ3n) is 6.53. The number of ether oxygens (including phenoxy) is 1. The molecule has 1 aliphatic rings. The second kappa shape index (κ2) is 10.1. The van der Waals surface area contributed by atoms with Crippen molar-refractivity contribution < 1.29 is 14.6 Å². The van der Waals surface area contributed by atoms with E-state index in [0.29, 0.717) is 13.0 Å². The van der Waals surface area contributed by atoms with E-state index in [9.17, 15) is 9.90 Å². The zero-order valence-corrected chi connectivity index (χ0v) is 19.0. The predicted molar refractivity (Wildman–Crippen MR) is 133 cm³/mol. The number of benzene rings is 3. The van der Waals surface area contributed by atoms with Crippen LogP contribution in [0.2, 0.25) is 0 Å². The molecule has 5 nitrogen and oxygen atoms in total. The molecule has 0 spiro atoms. The van der Waals surface area contributed by atoms with Crippen molar-refractivity contribution in [2.24, 2.45) is 0 Å². The first kappa shape index (κ1) is 22.1. The number of pyridine rings is 1. The van der Waals surface area contributed by atoms with Gasteiger partial charge in [0.1, 0.15) is 18.4 Å². The molecule has 1 aromatic heterocycles. The fraction of sp³-hybridized carbons (Fsp3) is 0.241. The summed E-state index contributed by atoms with van der Waals surface area (Å²) in [7, 11) is 0. The highest BCUT2D eigenvalue weighted by Crippen LogP contribution is 2.35. The van der Waals surface area contributed by atoms with Crippen LogP contribution in [0.25, 0.3) is 10.9 Å². The molecule has 3 aromatic carbocycles. The Hall–Kier alpha value is -3.70. The molecule has 1 aliphatic heterocycles. The topological polar surface area (TPSA) is 62.7 Å². The van der Waals surface area contributed by atoms with Gasteiger partial charge in [0.2, 0.25) is 0 Å². The van der Waals surface area contributed by atoms with Crippen molar-refractivity contribution >= 4 is 16.9 Å². The van der Waals surface area contributed by atoms with Gasteiger partial charge >= 0.3 is 5.97 Å². The average molecular weight is 453 g/mol. The molecular formula is C29H28N2O3. The standard InChI is InChI=1S/C29H28N2O3/c32-29(33)27-12-6-7-17-31(27)28(24-18-23-10-4-5-11-26(23)30-19-24)22-13-15-25(16-14-22)34-20-21-8-2-1-3-9-21/h1-5,8-11,13-16,18-19,27-28H,6-7,12,17,20H2,(H,32,33). The zero-order chi connectivity index (χ0) is 23.3. The molecule has 4 aromatic rings. The first-order valence-electron chi connectivity index (χ1n) is 11.8. The number of fused-ring (bicyclic) bond motifs is 1. The third-order valence-corrected chi connectivity index (χ3v) is 6.53. The normalized spacial score (nSPS) is 17.4. The van der Waals surface area contributed by atoms with E-state index >= 15 is 0 Å². The highest BCUT2D eigenvalue weighted by Gasteiger charge is 2.35. The second-order valence-electron chi connectivity index (χ2n) is 8.79. The molecule has 1 N–H and O–H groups in total. The number of aliphatic carboxylic acids is 1. The number of hydrogen-bond donors (Lipinski definition) is 1. The molecule has 5 rings (SSSR count). The van der Waals surface area contributed by atoms with Gasteiger partial charge in [-0.25, -0.2) is 0 Å². The van der Waals surface area contributed by atoms with Crippen LogP contribution >= 0.6 is 0 Å². The molecule has 0 aliphatic carbocycles. The Balaban J connectivity index is 1.47. The van der Waals surface area contributed by atoms with Crippen LogP contribution in [0, 0.1) is 0 Å². The first-order chi connectivity index (χ1) is 16.7. The van der Waals surface area contributed by atoms with Crippen molar-refractivity contribution in [1.82, 2.24) is 9.88 Å². The highest BCUT2D eigenvalue weighted by atomic mass is 16.5. The number of aromatic nitrogens is 1. The first-order valence-corrected chi connectivity index (χ1v) is 11.8. The molecule has 34 heavy (non-hydrogen) atoms. The molecule has 2 atom stereocenters. The number of carboxylic acid groups (broad SMARTS) is 1. The van der Waals surface area contributed by atoms with Crippen molar-refractivity contribution in [1.29, 1.82) is 0 Å². The van der Waals surface area contributed by atoms with Gasteiger partial charge < -0.3 is 9.84 Å². The minimum Gasteiger partial charge on any atom is -0.489 e. The van der Waals surface area contributed by atoms with Crippen molar-refractivity contribution in [3.05, 3.63) is 108 Å². The van der Waals surface area contributed by atoms with Gasteiger partial charge in [-0.2, -0.15) is 0 Å². The van der Waals surface area contributed by atoms with Crippen molar-refractivity contribution in [2.75, 3.05) is 6.54 Å². The van der Waals surface area contributed by atoms with Gasteiger partial charge in [0.25, 0.3) is 0 Å². The Morgan fingerprint density at radius 2 is 1.74 bits per heavy atom. The Labute approximate surface area is 199 Å². The van der Waals surface area contributed by atoms with Gasteiger partial charge in [0.05, 0.1) is 11.6 Å². The van der Waals surface area contributed by atoms with Crippen molar-refractivity contribution in [3.8, 4) is 5.75 Å². The largest absolute Gasteiger partial charge is 0.489 e. The molecule has 0 bridgehead atoms. The maximum Gasteiger partial charge on any atom is 0.320 e. The summed E-state index contributed by atoms with van der Waals surface area (Å²) >= 11 is 0. The number of para-hydroxylation sites is 1. The maximum absolute atomic E-state index is 12.1. The highest BCUT2D eigenvalue weighted by molar-refractivity contribution is 5.79. The molecule has 2 unspecified atom stereocenters. The van der Waals surface area contributed by atoms with Gasteiger partial charge in [0, 0.05) is 11.6 Å². The molecule has 2 heterocycles. The minimum absolute atomic E-state index is 0.193. The Bertz CT molecular complexity index is 1260. The van der Waals surface area contributed by atoms with Crippen LogP contribution in [0.1, 0.15) is 42.0 Å². The summed E-state index contributed by atoms with van der Waals surface area (Å²) in [4.78, 5) is 18.9. The molecular weight excluding hydrogens is 424 g/mol. The number of carbonyl (C=O) groups is 1. The summed E-state index contributed by atoms with van der Waals surface area (Å²) in [5, 5.41) is 11.0. The van der Waals surface area contributed by atoms with Gasteiger partial charge in [-0.1, -0.05) is 67.1 Å². The van der Waals surface area contributed by atoms with E-state index in [2.05, 4.69) is 16.0 Å². The van der Waals surface area contributed by atoms with Crippen molar-refractivity contribution in [2.45, 2.75) is 38.0 Å². The van der Waals surface area contributed by atoms with E-state index in [0.717, 1.165) is 52.7 Å². The van der Waals surface area contributed by atoms with Crippen LogP contribution < -0.4 is 4.74 Å². The third kappa shape index (κ3) is 4.80. The Morgan fingerprint density at radius 3 is 2.53 bits per heavy atom. The lowest BCUT2D eigenvalue weighted by atomic mass is 9.92. The summed E-state index contributed by atoms with van der Waals surface area (Å²) in [5.74, 6) is 0.0256. The van der Waals surface area contributed by atoms with E-state index in [1.807, 2.05) is 85.1 Å². The fourth-order valence-electron chi connectivity index (χ4n) is 4.83. The van der Waals surface area contributed by atoms with Crippen LogP contribution in [0.4, 0.5) is 0 Å². The number of hydrogen-bond acceptors (Lipinski definition) is 4. The fourth-order valence-corrected chi connectivity index (χ4v) is 4.83. The van der Waals surface area contributed by atoms with Gasteiger partial charge in [0.15, 0.2) is 0 Å². The molecule has 0 radical (unpaired) electrons. The van der Waals surface area contributed by atoms with Crippen LogP contribution in [-0.4, -0.2) is 33.5 Å². The van der Waals surface area contributed by atoms with Crippen LogP contribution in [0.3, 0.4) is 0 Å². The minimum atomic E-state index is -0.763. The maximum atomic E-state index is 12.1. The summed E-state index contributed by atoms with van der Waals surface area (Å²) in [6.45, 7) is 1.24. The second-order valence-corrected chi connectivity index (χ2v) is 8.79. The Kier molecular flexibility index (Phi) is 6.54. The molecule has 172 valence electrons. The SMILES string of the molecule is O=C(O)C1CCCCN1C(c1ccc(OCc2ccccc2)cc1)c1cnc2ccccc2c1. The number of piperidine rings is 1. The van der Waals surface area contributed by atoms with E-state index in [1.165, 1.54) is 0 Å². The van der Waals surface area contributed by atoms with Gasteiger partial charge in [-0.3, -0.25) is 14.7 Å². The number of nitrogens with zero attached hydrogens (tertiary/aromatic N) is 2. The van der Waals surface area contributed by atoms with E-state index in [4.69, 9.17) is 4.74 Å². The lowest BCUT2D eigenvalue weighted by Crippen LogP contribution is -2.46. The predicted octanol–water partition coefficient (Wildman–Crippen LogP) is 5.84. The quantitative estimate of drug-likeness (QED) is 0.382. The molecule has 0 amide bonds. The molecule has 0 saturated carbocycles. The molecule has 1 fully saturated rings. The average Bonchev–Trinajstić information content (AvgIpc) is 2.89. The summed E-state index contributed by atoms with van der Waals surface area (Å²) in [6, 6.07) is 27.6. The van der Waals surface area contributed by atoms with Crippen LogP contribution in [0.5, 0.6) is 5.75 Å². The lowest BCUT2D eigenvalue weighted by Gasteiger charge is -2.39. The van der Waals surface area contributed by atoms with Crippen LogP contribution in [0.15, 0.2) is 91.1 Å². The summed E-state index contributed by atoms with van der Waals surface area (Å²) < 4.78 is 5.97. The zero-order valence-electron chi connectivity index (χ0n) is 19.0. The number of rotatable bonds is 7. The summed E-state index contributed by atoms with van der Waals surface area (Å²) in [5.41, 5.74) is 4.09. The van der Waals surface area contributed by atoms with Gasteiger partial charge in [-0.15, -0.1) is 0 Å². The number of likely N-dealkylation sites (tertiary alicyclic amines) is 1. The lowest BCUT2D eigenvalue weighted by molar-refractivity contribution is -0.145. The Morgan fingerprint density at radius 1 is 0.971 bits per heavy atom.